The van der Waals surface area contributed by atoms with Gasteiger partial charge in [0.15, 0.2) is 0 Å². The van der Waals surface area contributed by atoms with Gasteiger partial charge in [0.2, 0.25) is 0 Å². The predicted molar refractivity (Wildman–Crippen MR) is 61.2 cm³/mol. The second-order valence-electron chi connectivity index (χ2n) is 3.10. The minimum Gasteiger partial charge on any atom is -0.312 e. The molecular weight excluding hydrogens is 289 g/mol. The minimum atomic E-state index is -0.486. The summed E-state index contributed by atoms with van der Waals surface area (Å²) < 4.78 is 13.1. The molecule has 0 saturated carbocycles. The zero-order valence-electron chi connectivity index (χ0n) is 8.65. The van der Waals surface area contributed by atoms with Gasteiger partial charge in [-0.3, -0.25) is 4.79 Å². The predicted octanol–water partition coefficient (Wildman–Crippen LogP) is 2.08. The van der Waals surface area contributed by atoms with E-state index in [2.05, 4.69) is 15.9 Å². The van der Waals surface area contributed by atoms with E-state index in [4.69, 9.17) is 10.5 Å². The number of nitrogens with zero attached hydrogens (tertiary/aromatic N) is 3. The van der Waals surface area contributed by atoms with E-state index in [9.17, 15) is 9.18 Å². The second kappa shape index (κ2) is 5.97. The molecule has 0 bridgehead atoms. The van der Waals surface area contributed by atoms with Crippen molar-refractivity contribution in [3.63, 3.8) is 0 Å². The van der Waals surface area contributed by atoms with Crippen LogP contribution < -0.4 is 0 Å². The Hall–Kier alpha value is -1.92. The van der Waals surface area contributed by atoms with Crippen molar-refractivity contribution in [3.8, 4) is 12.1 Å². The molecule has 0 fully saturated rings. The molecule has 1 aromatic rings. The summed E-state index contributed by atoms with van der Waals surface area (Å²) in [6.07, 6.45) is 0. The van der Waals surface area contributed by atoms with Crippen LogP contribution in [0.25, 0.3) is 0 Å². The Morgan fingerprint density at radius 1 is 1.35 bits per heavy atom. The van der Waals surface area contributed by atoms with Crippen molar-refractivity contribution in [3.05, 3.63) is 34.1 Å². The third-order valence-corrected chi connectivity index (χ3v) is 2.63. The van der Waals surface area contributed by atoms with Gasteiger partial charge < -0.3 is 4.90 Å². The van der Waals surface area contributed by atoms with E-state index in [1.807, 2.05) is 0 Å². The van der Waals surface area contributed by atoms with E-state index in [1.165, 1.54) is 6.07 Å². The molecule has 0 atom stereocenters. The molecule has 0 aliphatic rings. The number of benzene rings is 1. The lowest BCUT2D eigenvalue weighted by Crippen LogP contribution is -2.32. The lowest BCUT2D eigenvalue weighted by Gasteiger charge is -2.16. The van der Waals surface area contributed by atoms with Gasteiger partial charge in [-0.2, -0.15) is 10.5 Å². The minimum absolute atomic E-state index is 0.184. The first-order valence-electron chi connectivity index (χ1n) is 4.58. The van der Waals surface area contributed by atoms with Crippen molar-refractivity contribution < 1.29 is 9.18 Å². The Morgan fingerprint density at radius 3 is 2.41 bits per heavy atom. The van der Waals surface area contributed by atoms with E-state index >= 15 is 0 Å². The maximum absolute atomic E-state index is 12.8. The van der Waals surface area contributed by atoms with Gasteiger partial charge in [-0.15, -0.1) is 0 Å². The Kier molecular flexibility index (Phi) is 4.62. The van der Waals surface area contributed by atoms with E-state index in [0.717, 1.165) is 17.0 Å². The highest BCUT2D eigenvalue weighted by Gasteiger charge is 2.17. The van der Waals surface area contributed by atoms with Crippen molar-refractivity contribution in [1.82, 2.24) is 4.90 Å². The van der Waals surface area contributed by atoms with Crippen molar-refractivity contribution in [1.29, 1.82) is 10.5 Å². The number of carbonyl (C=O) groups is 1. The van der Waals surface area contributed by atoms with Crippen LogP contribution in [0.3, 0.4) is 0 Å². The second-order valence-corrected chi connectivity index (χ2v) is 3.96. The summed E-state index contributed by atoms with van der Waals surface area (Å²) >= 11 is 3.06. The van der Waals surface area contributed by atoms with Crippen LogP contribution in [-0.2, 0) is 0 Å². The van der Waals surface area contributed by atoms with Gasteiger partial charge in [0.05, 0.1) is 17.7 Å². The first kappa shape index (κ1) is 13.1. The van der Waals surface area contributed by atoms with Crippen molar-refractivity contribution in [2.24, 2.45) is 0 Å². The van der Waals surface area contributed by atoms with E-state index in [0.29, 0.717) is 4.47 Å². The fourth-order valence-electron chi connectivity index (χ4n) is 1.20. The maximum Gasteiger partial charge on any atom is 0.256 e. The van der Waals surface area contributed by atoms with Crippen LogP contribution in [0.1, 0.15) is 10.4 Å². The Morgan fingerprint density at radius 2 is 1.94 bits per heavy atom. The molecule has 0 aliphatic carbocycles. The summed E-state index contributed by atoms with van der Waals surface area (Å²) in [6, 6.07) is 7.21. The van der Waals surface area contributed by atoms with E-state index in [1.54, 1.807) is 12.1 Å². The zero-order valence-corrected chi connectivity index (χ0v) is 10.2. The molecular formula is C11H7BrFN3O. The average Bonchev–Trinajstić information content (AvgIpc) is 2.28. The Labute approximate surface area is 106 Å². The largest absolute Gasteiger partial charge is 0.312 e. The summed E-state index contributed by atoms with van der Waals surface area (Å²) in [7, 11) is 0. The van der Waals surface area contributed by atoms with Crippen molar-refractivity contribution in [2.75, 3.05) is 13.1 Å². The lowest BCUT2D eigenvalue weighted by atomic mass is 10.2. The van der Waals surface area contributed by atoms with Crippen molar-refractivity contribution >= 4 is 21.8 Å². The van der Waals surface area contributed by atoms with Gasteiger partial charge >= 0.3 is 0 Å². The number of nitriles is 2. The molecule has 1 aromatic carbocycles. The van der Waals surface area contributed by atoms with E-state index < -0.39 is 11.7 Å². The summed E-state index contributed by atoms with van der Waals surface area (Å²) in [4.78, 5) is 13.0. The molecule has 0 spiro atoms. The van der Waals surface area contributed by atoms with Gasteiger partial charge in [0.25, 0.3) is 5.91 Å². The molecule has 0 radical (unpaired) electrons. The molecule has 6 heteroatoms. The van der Waals surface area contributed by atoms with E-state index in [-0.39, 0.29) is 18.7 Å². The third-order valence-electron chi connectivity index (χ3n) is 1.97. The number of amides is 1. The molecule has 0 aliphatic heterocycles. The SMILES string of the molecule is N#CCN(CC#N)C(=O)c1ccc(F)cc1Br. The van der Waals surface area contributed by atoms with Crippen LogP contribution in [0.5, 0.6) is 0 Å². The van der Waals surface area contributed by atoms with Gasteiger partial charge in [-0.05, 0) is 34.1 Å². The van der Waals surface area contributed by atoms with Crippen LogP contribution in [0.4, 0.5) is 4.39 Å². The zero-order chi connectivity index (χ0) is 12.8. The van der Waals surface area contributed by atoms with Crippen LogP contribution in [-0.4, -0.2) is 23.9 Å². The molecule has 0 saturated heterocycles. The smallest absolute Gasteiger partial charge is 0.256 e. The van der Waals surface area contributed by atoms with Gasteiger partial charge in [-0.1, -0.05) is 0 Å². The molecule has 4 nitrogen and oxygen atoms in total. The highest BCUT2D eigenvalue weighted by Crippen LogP contribution is 2.19. The number of halogens is 2. The highest BCUT2D eigenvalue weighted by molar-refractivity contribution is 9.10. The third kappa shape index (κ3) is 3.27. The fraction of sp³-hybridized carbons (Fsp3) is 0.182. The molecule has 86 valence electrons. The molecule has 0 heterocycles. The van der Waals surface area contributed by atoms with Gasteiger partial charge in [0, 0.05) is 4.47 Å². The quantitative estimate of drug-likeness (QED) is 0.802. The van der Waals surface area contributed by atoms with Crippen LogP contribution >= 0.6 is 15.9 Å². The Bertz CT molecular complexity index is 502. The molecule has 0 N–H and O–H groups in total. The number of rotatable bonds is 3. The lowest BCUT2D eigenvalue weighted by molar-refractivity contribution is 0.0794. The molecule has 1 amide bonds. The van der Waals surface area contributed by atoms with Crippen LogP contribution in [0.15, 0.2) is 22.7 Å². The van der Waals surface area contributed by atoms with Gasteiger partial charge in [-0.25, -0.2) is 4.39 Å². The monoisotopic (exact) mass is 295 g/mol. The molecule has 1 rings (SSSR count). The molecule has 0 aromatic heterocycles. The average molecular weight is 296 g/mol. The molecule has 0 unspecified atom stereocenters. The summed E-state index contributed by atoms with van der Waals surface area (Å²) in [5.74, 6) is -0.958. The molecule has 17 heavy (non-hydrogen) atoms. The number of carbonyl (C=O) groups excluding carboxylic acids is 1. The Balaban J connectivity index is 3.02. The standard InChI is InChI=1S/C11H7BrFN3O/c12-10-7-8(13)1-2-9(10)11(17)16(5-3-14)6-4-15/h1-2,7H,5-6H2. The van der Waals surface area contributed by atoms with Gasteiger partial charge in [0.1, 0.15) is 18.9 Å². The number of hydrogen-bond acceptors (Lipinski definition) is 3. The summed E-state index contributed by atoms with van der Waals surface area (Å²) in [6.45, 7) is -0.369. The van der Waals surface area contributed by atoms with Crippen LogP contribution in [0.2, 0.25) is 0 Å². The normalized spacial score (nSPS) is 9.18. The topological polar surface area (TPSA) is 67.9 Å². The summed E-state index contributed by atoms with van der Waals surface area (Å²) in [5, 5.41) is 17.1. The first-order chi connectivity index (χ1) is 8.10. The first-order valence-corrected chi connectivity index (χ1v) is 5.37. The summed E-state index contributed by atoms with van der Waals surface area (Å²) in [5.41, 5.74) is 0.219. The van der Waals surface area contributed by atoms with Crippen LogP contribution in [0, 0.1) is 28.5 Å². The fourth-order valence-corrected chi connectivity index (χ4v) is 1.72. The number of hydrogen-bond donors (Lipinski definition) is 0. The highest BCUT2D eigenvalue weighted by atomic mass is 79.9. The maximum atomic E-state index is 12.8. The van der Waals surface area contributed by atoms with Crippen molar-refractivity contribution in [2.45, 2.75) is 0 Å².